The van der Waals surface area contributed by atoms with Crippen molar-refractivity contribution < 1.29 is 4.92 Å². The molecular formula is C12H19N5O2. The van der Waals surface area contributed by atoms with Crippen LogP contribution < -0.4 is 10.6 Å². The van der Waals surface area contributed by atoms with Crippen LogP contribution in [0.15, 0.2) is 0 Å². The smallest absolute Gasteiger partial charge is 0.332 e. The quantitative estimate of drug-likeness (QED) is 0.606. The summed E-state index contributed by atoms with van der Waals surface area (Å²) >= 11 is 0. The predicted molar refractivity (Wildman–Crippen MR) is 73.5 cm³/mol. The lowest BCUT2D eigenvalue weighted by Gasteiger charge is -2.14. The summed E-state index contributed by atoms with van der Waals surface area (Å²) in [5.41, 5.74) is 0.286. The van der Waals surface area contributed by atoms with Crippen molar-refractivity contribution in [1.29, 1.82) is 0 Å². The first kappa shape index (κ1) is 13.5. The highest BCUT2D eigenvalue weighted by Crippen LogP contribution is 2.40. The minimum Gasteiger partial charge on any atom is -0.359 e. The Morgan fingerprint density at radius 3 is 2.63 bits per heavy atom. The number of nitrogens with zero attached hydrogens (tertiary/aromatic N) is 3. The second-order valence-electron chi connectivity index (χ2n) is 5.20. The molecule has 0 saturated heterocycles. The van der Waals surface area contributed by atoms with Crippen molar-refractivity contribution in [2.24, 2.45) is 0 Å². The zero-order chi connectivity index (χ0) is 14.0. The van der Waals surface area contributed by atoms with Crippen LogP contribution in [-0.2, 0) is 0 Å². The highest BCUT2D eigenvalue weighted by atomic mass is 16.6. The van der Waals surface area contributed by atoms with E-state index in [9.17, 15) is 10.1 Å². The molecule has 2 rings (SSSR count). The van der Waals surface area contributed by atoms with Gasteiger partial charge in [0.25, 0.3) is 0 Å². The van der Waals surface area contributed by atoms with E-state index in [1.165, 1.54) is 0 Å². The van der Waals surface area contributed by atoms with Gasteiger partial charge in [0, 0.05) is 12.1 Å². The first-order chi connectivity index (χ1) is 8.95. The van der Waals surface area contributed by atoms with Gasteiger partial charge in [-0.15, -0.1) is 0 Å². The van der Waals surface area contributed by atoms with Gasteiger partial charge in [-0.25, -0.2) is 4.98 Å². The number of rotatable bonds is 6. The molecule has 0 aliphatic heterocycles. The Labute approximate surface area is 112 Å². The van der Waals surface area contributed by atoms with Crippen LogP contribution in [-0.4, -0.2) is 27.0 Å². The Balaban J connectivity index is 2.34. The van der Waals surface area contributed by atoms with Crippen LogP contribution in [0.4, 0.5) is 17.5 Å². The highest BCUT2D eigenvalue weighted by molar-refractivity contribution is 5.62. The van der Waals surface area contributed by atoms with E-state index in [0.29, 0.717) is 17.5 Å². The lowest BCUT2D eigenvalue weighted by molar-refractivity contribution is -0.385. The molecule has 0 aromatic carbocycles. The van der Waals surface area contributed by atoms with E-state index < -0.39 is 4.92 Å². The molecular weight excluding hydrogens is 246 g/mol. The fourth-order valence-corrected chi connectivity index (χ4v) is 1.79. The zero-order valence-electron chi connectivity index (χ0n) is 11.5. The molecule has 1 fully saturated rings. The zero-order valence-corrected chi connectivity index (χ0v) is 11.5. The average molecular weight is 265 g/mol. The molecule has 1 aliphatic carbocycles. The molecule has 1 saturated carbocycles. The van der Waals surface area contributed by atoms with Crippen molar-refractivity contribution in [3.8, 4) is 0 Å². The van der Waals surface area contributed by atoms with Gasteiger partial charge < -0.3 is 10.6 Å². The summed E-state index contributed by atoms with van der Waals surface area (Å²) in [5.74, 6) is 0.757. The molecule has 0 spiro atoms. The van der Waals surface area contributed by atoms with Crippen molar-refractivity contribution in [1.82, 2.24) is 9.97 Å². The summed E-state index contributed by atoms with van der Waals surface area (Å²) in [5, 5.41) is 17.4. The number of aryl methyl sites for hydroxylation is 1. The summed E-state index contributed by atoms with van der Waals surface area (Å²) in [6.07, 6.45) is 2.95. The van der Waals surface area contributed by atoms with Crippen LogP contribution in [0.2, 0.25) is 0 Å². The van der Waals surface area contributed by atoms with E-state index in [1.54, 1.807) is 6.92 Å². The summed E-state index contributed by atoms with van der Waals surface area (Å²) in [4.78, 5) is 19.1. The van der Waals surface area contributed by atoms with Crippen LogP contribution in [0.3, 0.4) is 0 Å². The normalized spacial score (nSPS) is 15.9. The fourth-order valence-electron chi connectivity index (χ4n) is 1.79. The van der Waals surface area contributed by atoms with Gasteiger partial charge in [0.05, 0.1) is 4.92 Å². The molecule has 1 aliphatic rings. The van der Waals surface area contributed by atoms with Gasteiger partial charge in [-0.2, -0.15) is 4.98 Å². The van der Waals surface area contributed by atoms with Crippen LogP contribution in [0.25, 0.3) is 0 Å². The third kappa shape index (κ3) is 3.10. The highest BCUT2D eigenvalue weighted by Gasteiger charge is 2.39. The number of nitrogens with one attached hydrogen (secondary N) is 2. The fraction of sp³-hybridized carbons (Fsp3) is 0.667. The van der Waals surface area contributed by atoms with Gasteiger partial charge in [-0.05, 0) is 33.1 Å². The van der Waals surface area contributed by atoms with Crippen molar-refractivity contribution in [3.63, 3.8) is 0 Å². The Morgan fingerprint density at radius 1 is 1.42 bits per heavy atom. The molecule has 7 heteroatoms. The molecule has 1 aromatic heterocycles. The largest absolute Gasteiger partial charge is 0.359 e. The van der Waals surface area contributed by atoms with Gasteiger partial charge in [0.2, 0.25) is 11.8 Å². The van der Waals surface area contributed by atoms with Crippen molar-refractivity contribution in [2.45, 2.75) is 45.6 Å². The Bertz CT molecular complexity index is 499. The first-order valence-corrected chi connectivity index (χ1v) is 6.50. The third-order valence-corrected chi connectivity index (χ3v) is 3.19. The first-order valence-electron chi connectivity index (χ1n) is 6.50. The summed E-state index contributed by atoms with van der Waals surface area (Å²) in [6, 6.07) is 0. The van der Waals surface area contributed by atoms with Gasteiger partial charge >= 0.3 is 5.69 Å². The van der Waals surface area contributed by atoms with Crippen molar-refractivity contribution in [3.05, 3.63) is 15.8 Å². The molecule has 0 atom stereocenters. The van der Waals surface area contributed by atoms with Crippen LogP contribution >= 0.6 is 0 Å². The Kier molecular flexibility index (Phi) is 3.55. The molecule has 0 radical (unpaired) electrons. The van der Waals surface area contributed by atoms with Gasteiger partial charge in [0.15, 0.2) is 0 Å². The van der Waals surface area contributed by atoms with Gasteiger partial charge in [0.1, 0.15) is 5.69 Å². The number of hydrogen-bond donors (Lipinski definition) is 2. The predicted octanol–water partition coefficient (Wildman–Crippen LogP) is 2.48. The maximum atomic E-state index is 11.1. The number of nitro groups is 1. The minimum absolute atomic E-state index is 0.0322. The molecule has 0 bridgehead atoms. The van der Waals surface area contributed by atoms with Crippen LogP contribution in [0.1, 0.15) is 38.8 Å². The summed E-state index contributed by atoms with van der Waals surface area (Å²) in [6.45, 7) is 6.45. The lowest BCUT2D eigenvalue weighted by atomic mass is 10.3. The average Bonchev–Trinajstić information content (AvgIpc) is 3.03. The molecule has 1 aromatic rings. The van der Waals surface area contributed by atoms with E-state index in [2.05, 4.69) is 20.6 Å². The Hall–Kier alpha value is -1.92. The molecule has 0 amide bonds. The molecule has 19 heavy (non-hydrogen) atoms. The van der Waals surface area contributed by atoms with E-state index in [-0.39, 0.29) is 11.2 Å². The third-order valence-electron chi connectivity index (χ3n) is 3.19. The molecule has 7 nitrogen and oxygen atoms in total. The maximum Gasteiger partial charge on any atom is 0.332 e. The van der Waals surface area contributed by atoms with Crippen molar-refractivity contribution >= 4 is 17.5 Å². The SMILES string of the molecule is CCCNc1nc(C)c([N+](=O)[O-])c(NC2(C)CC2)n1. The van der Waals surface area contributed by atoms with E-state index in [4.69, 9.17) is 0 Å². The summed E-state index contributed by atoms with van der Waals surface area (Å²) < 4.78 is 0. The topological polar surface area (TPSA) is 93.0 Å². The Morgan fingerprint density at radius 2 is 2.11 bits per heavy atom. The van der Waals surface area contributed by atoms with Gasteiger partial charge in [-0.1, -0.05) is 6.92 Å². The van der Waals surface area contributed by atoms with Crippen molar-refractivity contribution in [2.75, 3.05) is 17.2 Å². The molecule has 2 N–H and O–H groups in total. The van der Waals surface area contributed by atoms with Gasteiger partial charge in [-0.3, -0.25) is 10.1 Å². The molecule has 0 unspecified atom stereocenters. The lowest BCUT2D eigenvalue weighted by Crippen LogP contribution is -2.20. The number of anilines is 2. The monoisotopic (exact) mass is 265 g/mol. The second-order valence-corrected chi connectivity index (χ2v) is 5.20. The molecule has 1 heterocycles. The van der Waals surface area contributed by atoms with E-state index >= 15 is 0 Å². The van der Waals surface area contributed by atoms with E-state index in [1.807, 2.05) is 13.8 Å². The molecule has 104 valence electrons. The van der Waals surface area contributed by atoms with Crippen LogP contribution in [0, 0.1) is 17.0 Å². The standard InChI is InChI=1S/C12H19N5O2/c1-4-7-13-11-14-8(2)9(17(18)19)10(15-11)16-12(3)5-6-12/h4-7H2,1-3H3,(H2,13,14,15,16). The number of aromatic nitrogens is 2. The minimum atomic E-state index is -0.424. The van der Waals surface area contributed by atoms with E-state index in [0.717, 1.165) is 25.8 Å². The van der Waals surface area contributed by atoms with Crippen LogP contribution in [0.5, 0.6) is 0 Å². The summed E-state index contributed by atoms with van der Waals surface area (Å²) in [7, 11) is 0. The maximum absolute atomic E-state index is 11.1. The second kappa shape index (κ2) is 4.99. The number of hydrogen-bond acceptors (Lipinski definition) is 6.